The number of hydrogen-bond acceptors (Lipinski definition) is 3. The van der Waals surface area contributed by atoms with E-state index in [1.807, 2.05) is 0 Å². The van der Waals surface area contributed by atoms with E-state index < -0.39 is 0 Å². The maximum absolute atomic E-state index is 5.90. The van der Waals surface area contributed by atoms with E-state index in [1.54, 1.807) is 18.2 Å². The standard InChI is InChI=1S/C8H4Cl2N2O/c9-5-1-2-7(10)6(3-5)8-12-11-4-13-8/h1-4H. The van der Waals surface area contributed by atoms with Crippen LogP contribution in [0.3, 0.4) is 0 Å². The molecule has 2 aromatic rings. The van der Waals surface area contributed by atoms with Gasteiger partial charge in [0.1, 0.15) is 0 Å². The first-order valence-electron chi connectivity index (χ1n) is 3.49. The fraction of sp³-hybridized carbons (Fsp3) is 0. The Balaban J connectivity index is 2.57. The fourth-order valence-electron chi connectivity index (χ4n) is 0.952. The maximum atomic E-state index is 5.90. The van der Waals surface area contributed by atoms with Crippen molar-refractivity contribution in [2.24, 2.45) is 0 Å². The predicted octanol–water partition coefficient (Wildman–Crippen LogP) is 3.04. The van der Waals surface area contributed by atoms with Crippen molar-refractivity contribution in [2.45, 2.75) is 0 Å². The number of rotatable bonds is 1. The minimum absolute atomic E-state index is 0.368. The van der Waals surface area contributed by atoms with Gasteiger partial charge in [-0.2, -0.15) is 0 Å². The van der Waals surface area contributed by atoms with Crippen molar-refractivity contribution in [3.63, 3.8) is 0 Å². The van der Waals surface area contributed by atoms with Crippen molar-refractivity contribution in [3.8, 4) is 11.5 Å². The van der Waals surface area contributed by atoms with Gasteiger partial charge in [0.05, 0.1) is 10.6 Å². The summed E-state index contributed by atoms with van der Waals surface area (Å²) < 4.78 is 4.99. The Morgan fingerprint density at radius 2 is 2.08 bits per heavy atom. The molecule has 0 N–H and O–H groups in total. The van der Waals surface area contributed by atoms with E-state index in [1.165, 1.54) is 6.39 Å². The SMILES string of the molecule is Clc1ccc(Cl)c(-c2nnco2)c1. The molecule has 1 aromatic carbocycles. The Morgan fingerprint density at radius 3 is 2.77 bits per heavy atom. The van der Waals surface area contributed by atoms with Gasteiger partial charge in [-0.25, -0.2) is 0 Å². The molecule has 0 atom stereocenters. The lowest BCUT2D eigenvalue weighted by Gasteiger charge is -1.98. The van der Waals surface area contributed by atoms with Crippen LogP contribution in [-0.4, -0.2) is 10.2 Å². The molecule has 2 rings (SSSR count). The maximum Gasteiger partial charge on any atom is 0.248 e. The van der Waals surface area contributed by atoms with Gasteiger partial charge in [-0.3, -0.25) is 0 Å². The number of nitrogens with zero attached hydrogens (tertiary/aromatic N) is 2. The van der Waals surface area contributed by atoms with Crippen LogP contribution >= 0.6 is 23.2 Å². The van der Waals surface area contributed by atoms with Gasteiger partial charge in [-0.1, -0.05) is 23.2 Å². The van der Waals surface area contributed by atoms with E-state index in [4.69, 9.17) is 27.6 Å². The van der Waals surface area contributed by atoms with Gasteiger partial charge in [0.15, 0.2) is 0 Å². The van der Waals surface area contributed by atoms with E-state index >= 15 is 0 Å². The second-order valence-corrected chi connectivity index (χ2v) is 3.21. The summed E-state index contributed by atoms with van der Waals surface area (Å²) in [5.74, 6) is 0.368. The van der Waals surface area contributed by atoms with Gasteiger partial charge >= 0.3 is 0 Å². The summed E-state index contributed by atoms with van der Waals surface area (Å²) in [5.41, 5.74) is 0.645. The summed E-state index contributed by atoms with van der Waals surface area (Å²) >= 11 is 11.7. The molecule has 0 aliphatic carbocycles. The average molecular weight is 215 g/mol. The van der Waals surface area contributed by atoms with Gasteiger partial charge in [-0.05, 0) is 18.2 Å². The molecule has 1 aromatic heterocycles. The summed E-state index contributed by atoms with van der Waals surface area (Å²) in [6.07, 6.45) is 1.24. The Morgan fingerprint density at radius 1 is 1.23 bits per heavy atom. The van der Waals surface area contributed by atoms with Gasteiger partial charge in [0, 0.05) is 5.02 Å². The van der Waals surface area contributed by atoms with Gasteiger partial charge in [-0.15, -0.1) is 10.2 Å². The molecule has 3 nitrogen and oxygen atoms in total. The molecule has 0 radical (unpaired) electrons. The van der Waals surface area contributed by atoms with Gasteiger partial charge in [0.25, 0.3) is 0 Å². The smallest absolute Gasteiger partial charge is 0.248 e. The largest absolute Gasteiger partial charge is 0.423 e. The van der Waals surface area contributed by atoms with Gasteiger partial charge in [0.2, 0.25) is 12.3 Å². The van der Waals surface area contributed by atoms with Crippen LogP contribution in [0.5, 0.6) is 0 Å². The number of aromatic nitrogens is 2. The minimum atomic E-state index is 0.368. The molecule has 0 saturated heterocycles. The van der Waals surface area contributed by atoms with Crippen LogP contribution in [0.1, 0.15) is 0 Å². The molecule has 0 unspecified atom stereocenters. The Bertz CT molecular complexity index is 414. The molecule has 66 valence electrons. The zero-order chi connectivity index (χ0) is 9.26. The summed E-state index contributed by atoms with van der Waals surface area (Å²) in [5, 5.41) is 8.40. The zero-order valence-electron chi connectivity index (χ0n) is 6.37. The first-order chi connectivity index (χ1) is 6.27. The average Bonchev–Trinajstić information content (AvgIpc) is 2.61. The van der Waals surface area contributed by atoms with Crippen LogP contribution in [0.15, 0.2) is 29.0 Å². The van der Waals surface area contributed by atoms with E-state index in [9.17, 15) is 0 Å². The highest BCUT2D eigenvalue weighted by molar-refractivity contribution is 6.35. The molecule has 0 bridgehead atoms. The van der Waals surface area contributed by atoms with Crippen LogP contribution in [0.25, 0.3) is 11.5 Å². The summed E-state index contributed by atoms with van der Waals surface area (Å²) in [6.45, 7) is 0. The molecule has 0 aliphatic rings. The third-order valence-electron chi connectivity index (χ3n) is 1.52. The highest BCUT2D eigenvalue weighted by atomic mass is 35.5. The second kappa shape index (κ2) is 3.36. The molecule has 13 heavy (non-hydrogen) atoms. The van der Waals surface area contributed by atoms with Crippen molar-refractivity contribution in [2.75, 3.05) is 0 Å². The third-order valence-corrected chi connectivity index (χ3v) is 2.08. The Kier molecular flexibility index (Phi) is 2.20. The molecular formula is C8H4Cl2N2O. The van der Waals surface area contributed by atoms with E-state index in [0.717, 1.165) is 0 Å². The minimum Gasteiger partial charge on any atom is -0.423 e. The highest BCUT2D eigenvalue weighted by Crippen LogP contribution is 2.28. The van der Waals surface area contributed by atoms with Crippen LogP contribution in [0.4, 0.5) is 0 Å². The predicted molar refractivity (Wildman–Crippen MR) is 49.8 cm³/mol. The molecule has 0 saturated carbocycles. The molecule has 0 fully saturated rings. The van der Waals surface area contributed by atoms with E-state index in [-0.39, 0.29) is 0 Å². The van der Waals surface area contributed by atoms with Gasteiger partial charge < -0.3 is 4.42 Å². The topological polar surface area (TPSA) is 38.9 Å². The fourth-order valence-corrected chi connectivity index (χ4v) is 1.32. The van der Waals surface area contributed by atoms with Crippen LogP contribution in [0, 0.1) is 0 Å². The lowest BCUT2D eigenvalue weighted by molar-refractivity contribution is 0.568. The summed E-state index contributed by atoms with van der Waals surface area (Å²) in [6, 6.07) is 5.06. The monoisotopic (exact) mass is 214 g/mol. The molecule has 0 aliphatic heterocycles. The molecule has 0 spiro atoms. The van der Waals surface area contributed by atoms with Crippen molar-refractivity contribution in [1.82, 2.24) is 10.2 Å². The zero-order valence-corrected chi connectivity index (χ0v) is 7.88. The first kappa shape index (κ1) is 8.53. The summed E-state index contributed by atoms with van der Waals surface area (Å²) in [4.78, 5) is 0. The number of halogens is 2. The van der Waals surface area contributed by atoms with Crippen LogP contribution < -0.4 is 0 Å². The first-order valence-corrected chi connectivity index (χ1v) is 4.24. The number of benzene rings is 1. The van der Waals surface area contributed by atoms with Crippen molar-refractivity contribution in [3.05, 3.63) is 34.6 Å². The van der Waals surface area contributed by atoms with Crippen LogP contribution in [0.2, 0.25) is 10.0 Å². The second-order valence-electron chi connectivity index (χ2n) is 2.37. The molecule has 0 amide bonds. The Hall–Kier alpha value is -1.06. The molecule has 5 heteroatoms. The summed E-state index contributed by atoms with van der Waals surface area (Å²) in [7, 11) is 0. The van der Waals surface area contributed by atoms with E-state index in [2.05, 4.69) is 10.2 Å². The Labute approximate surface area is 84.3 Å². The molecular weight excluding hydrogens is 211 g/mol. The normalized spacial score (nSPS) is 10.3. The molecule has 1 heterocycles. The lowest BCUT2D eigenvalue weighted by atomic mass is 10.2. The number of hydrogen-bond donors (Lipinski definition) is 0. The van der Waals surface area contributed by atoms with Crippen molar-refractivity contribution in [1.29, 1.82) is 0 Å². The lowest BCUT2D eigenvalue weighted by Crippen LogP contribution is -1.79. The van der Waals surface area contributed by atoms with Crippen LogP contribution in [-0.2, 0) is 0 Å². The van der Waals surface area contributed by atoms with Crippen molar-refractivity contribution < 1.29 is 4.42 Å². The quantitative estimate of drug-likeness (QED) is 0.733. The van der Waals surface area contributed by atoms with Crippen molar-refractivity contribution >= 4 is 23.2 Å². The third kappa shape index (κ3) is 1.66. The highest BCUT2D eigenvalue weighted by Gasteiger charge is 2.08. The van der Waals surface area contributed by atoms with E-state index in [0.29, 0.717) is 21.5 Å².